The molecular weight excluding hydrogens is 302 g/mol. The van der Waals surface area contributed by atoms with Crippen molar-refractivity contribution in [3.63, 3.8) is 0 Å². The Balaban J connectivity index is 1.69. The van der Waals surface area contributed by atoms with Crippen molar-refractivity contribution in [2.45, 2.75) is 37.6 Å². The van der Waals surface area contributed by atoms with Gasteiger partial charge in [0.15, 0.2) is 0 Å². The van der Waals surface area contributed by atoms with Gasteiger partial charge in [-0.2, -0.15) is 0 Å². The van der Waals surface area contributed by atoms with Crippen molar-refractivity contribution in [3.05, 3.63) is 17.3 Å². The number of rotatable bonds is 4. The number of amides is 1. The van der Waals surface area contributed by atoms with Crippen LogP contribution in [0.5, 0.6) is 0 Å². The van der Waals surface area contributed by atoms with Crippen molar-refractivity contribution in [2.75, 3.05) is 18.8 Å². The van der Waals surface area contributed by atoms with Gasteiger partial charge in [0.2, 0.25) is 5.91 Å². The topological polar surface area (TPSA) is 46.1 Å². The minimum absolute atomic E-state index is 0.234. The highest BCUT2D eigenvalue weighted by Gasteiger charge is 2.17. The second-order valence-electron chi connectivity index (χ2n) is 5.19. The fraction of sp³-hybridized carbons (Fsp3) is 0.533. The van der Waals surface area contributed by atoms with E-state index in [0.717, 1.165) is 47.6 Å². The number of likely N-dealkylation sites (tertiary alicyclic amines) is 1. The number of fused-ring (bicyclic) bond motifs is 1. The van der Waals surface area contributed by atoms with Crippen LogP contribution in [-0.4, -0.2) is 39.6 Å². The summed E-state index contributed by atoms with van der Waals surface area (Å²) >= 11 is 3.25. The number of piperidine rings is 1. The molecule has 6 heteroatoms. The quantitative estimate of drug-likeness (QED) is 0.640. The number of carbonyl (C=O) groups is 1. The van der Waals surface area contributed by atoms with Gasteiger partial charge in [0.05, 0.1) is 5.75 Å². The standard InChI is InChI=1S/C15H19N3OS2/c1-2-11-8-12-14(16-10-17-15(12)21-11)20-9-13(19)18-6-4-3-5-7-18/h8,10H,2-7,9H2,1H3. The van der Waals surface area contributed by atoms with Gasteiger partial charge >= 0.3 is 0 Å². The van der Waals surface area contributed by atoms with Crippen LogP contribution in [-0.2, 0) is 11.2 Å². The van der Waals surface area contributed by atoms with E-state index in [1.807, 2.05) is 4.90 Å². The SMILES string of the molecule is CCc1cc2c(SCC(=O)N3CCCCC3)ncnc2s1. The Hall–Kier alpha value is -1.14. The Labute approximate surface area is 133 Å². The molecule has 4 nitrogen and oxygen atoms in total. The van der Waals surface area contributed by atoms with E-state index in [1.54, 1.807) is 17.7 Å². The molecule has 0 aromatic carbocycles. The fourth-order valence-corrected chi connectivity index (χ4v) is 4.41. The van der Waals surface area contributed by atoms with Crippen LogP contribution in [0.2, 0.25) is 0 Å². The lowest BCUT2D eigenvalue weighted by Crippen LogP contribution is -2.36. The molecule has 0 spiro atoms. The molecule has 1 aliphatic rings. The molecular formula is C15H19N3OS2. The van der Waals surface area contributed by atoms with Crippen molar-refractivity contribution in [1.82, 2.24) is 14.9 Å². The number of nitrogens with zero attached hydrogens (tertiary/aromatic N) is 3. The first-order valence-electron chi connectivity index (χ1n) is 7.42. The number of aromatic nitrogens is 2. The van der Waals surface area contributed by atoms with E-state index in [0.29, 0.717) is 5.75 Å². The fourth-order valence-electron chi connectivity index (χ4n) is 2.54. The molecule has 2 aromatic heterocycles. The molecule has 1 fully saturated rings. The Kier molecular flexibility index (Phi) is 4.75. The van der Waals surface area contributed by atoms with E-state index in [1.165, 1.54) is 23.1 Å². The first kappa shape index (κ1) is 14.8. The van der Waals surface area contributed by atoms with E-state index in [4.69, 9.17) is 0 Å². The van der Waals surface area contributed by atoms with Crippen molar-refractivity contribution in [3.8, 4) is 0 Å². The van der Waals surface area contributed by atoms with E-state index in [-0.39, 0.29) is 5.91 Å². The van der Waals surface area contributed by atoms with Crippen LogP contribution in [0.25, 0.3) is 10.2 Å². The Morgan fingerprint density at radius 2 is 2.14 bits per heavy atom. The maximum Gasteiger partial charge on any atom is 0.232 e. The number of thioether (sulfide) groups is 1. The number of carbonyl (C=O) groups excluding carboxylic acids is 1. The zero-order valence-corrected chi connectivity index (χ0v) is 13.8. The molecule has 1 aliphatic heterocycles. The molecule has 21 heavy (non-hydrogen) atoms. The van der Waals surface area contributed by atoms with Gasteiger partial charge in [0.1, 0.15) is 16.2 Å². The molecule has 0 bridgehead atoms. The molecule has 1 saturated heterocycles. The minimum atomic E-state index is 0.234. The van der Waals surface area contributed by atoms with Gasteiger partial charge in [-0.1, -0.05) is 18.7 Å². The summed E-state index contributed by atoms with van der Waals surface area (Å²) in [7, 11) is 0. The Morgan fingerprint density at radius 1 is 1.33 bits per heavy atom. The molecule has 0 saturated carbocycles. The predicted molar refractivity (Wildman–Crippen MR) is 87.9 cm³/mol. The van der Waals surface area contributed by atoms with Crippen molar-refractivity contribution in [2.24, 2.45) is 0 Å². The van der Waals surface area contributed by atoms with Crippen molar-refractivity contribution < 1.29 is 4.79 Å². The largest absolute Gasteiger partial charge is 0.342 e. The highest BCUT2D eigenvalue weighted by molar-refractivity contribution is 8.00. The monoisotopic (exact) mass is 321 g/mol. The second kappa shape index (κ2) is 6.75. The van der Waals surface area contributed by atoms with Crippen molar-refractivity contribution in [1.29, 1.82) is 0 Å². The molecule has 0 N–H and O–H groups in total. The van der Waals surface area contributed by atoms with Crippen LogP contribution in [0.4, 0.5) is 0 Å². The van der Waals surface area contributed by atoms with Gasteiger partial charge in [0, 0.05) is 23.4 Å². The summed E-state index contributed by atoms with van der Waals surface area (Å²) in [5, 5.41) is 2.03. The minimum Gasteiger partial charge on any atom is -0.342 e. The molecule has 0 unspecified atom stereocenters. The number of aryl methyl sites for hydroxylation is 1. The lowest BCUT2D eigenvalue weighted by molar-refractivity contribution is -0.129. The average molecular weight is 321 g/mol. The molecule has 0 radical (unpaired) electrons. The third kappa shape index (κ3) is 3.37. The maximum absolute atomic E-state index is 12.2. The maximum atomic E-state index is 12.2. The van der Waals surface area contributed by atoms with Gasteiger partial charge in [-0.3, -0.25) is 4.79 Å². The Bertz CT molecular complexity index is 635. The van der Waals surface area contributed by atoms with E-state index in [2.05, 4.69) is 23.0 Å². The third-order valence-electron chi connectivity index (χ3n) is 3.73. The number of thiophene rings is 1. The summed E-state index contributed by atoms with van der Waals surface area (Å²) in [6.07, 6.45) is 6.14. The molecule has 112 valence electrons. The van der Waals surface area contributed by atoms with Crippen LogP contribution in [0.1, 0.15) is 31.1 Å². The summed E-state index contributed by atoms with van der Waals surface area (Å²) in [5.41, 5.74) is 0. The molecule has 0 aliphatic carbocycles. The van der Waals surface area contributed by atoms with Crippen molar-refractivity contribution >= 4 is 39.2 Å². The zero-order valence-electron chi connectivity index (χ0n) is 12.2. The summed E-state index contributed by atoms with van der Waals surface area (Å²) in [5.74, 6) is 0.709. The van der Waals surface area contributed by atoms with E-state index in [9.17, 15) is 4.79 Å². The summed E-state index contributed by atoms with van der Waals surface area (Å²) in [6.45, 7) is 3.97. The molecule has 1 amide bonds. The lowest BCUT2D eigenvalue weighted by atomic mass is 10.1. The Morgan fingerprint density at radius 3 is 2.90 bits per heavy atom. The first-order chi connectivity index (χ1) is 10.3. The lowest BCUT2D eigenvalue weighted by Gasteiger charge is -2.26. The third-order valence-corrected chi connectivity index (χ3v) is 5.91. The zero-order chi connectivity index (χ0) is 14.7. The van der Waals surface area contributed by atoms with Crippen LogP contribution < -0.4 is 0 Å². The van der Waals surface area contributed by atoms with Gasteiger partial charge in [0.25, 0.3) is 0 Å². The molecule has 2 aromatic rings. The van der Waals surface area contributed by atoms with Crippen LogP contribution in [0.3, 0.4) is 0 Å². The van der Waals surface area contributed by atoms with E-state index < -0.39 is 0 Å². The van der Waals surface area contributed by atoms with Gasteiger partial charge in [-0.15, -0.1) is 11.3 Å². The van der Waals surface area contributed by atoms with Crippen LogP contribution >= 0.6 is 23.1 Å². The number of hydrogen-bond acceptors (Lipinski definition) is 5. The first-order valence-corrected chi connectivity index (χ1v) is 9.22. The highest BCUT2D eigenvalue weighted by atomic mass is 32.2. The highest BCUT2D eigenvalue weighted by Crippen LogP contribution is 2.31. The van der Waals surface area contributed by atoms with E-state index >= 15 is 0 Å². The number of hydrogen-bond donors (Lipinski definition) is 0. The van der Waals surface area contributed by atoms with Gasteiger partial charge in [-0.05, 0) is 31.7 Å². The summed E-state index contributed by atoms with van der Waals surface area (Å²) in [4.78, 5) is 25.2. The average Bonchev–Trinajstić information content (AvgIpc) is 2.97. The predicted octanol–water partition coefficient (Wildman–Crippen LogP) is 3.36. The van der Waals surface area contributed by atoms with Gasteiger partial charge in [-0.25, -0.2) is 9.97 Å². The summed E-state index contributed by atoms with van der Waals surface area (Å²) < 4.78 is 0. The van der Waals surface area contributed by atoms with Crippen LogP contribution in [0, 0.1) is 0 Å². The second-order valence-corrected chi connectivity index (χ2v) is 7.27. The molecule has 3 rings (SSSR count). The molecule has 3 heterocycles. The van der Waals surface area contributed by atoms with Gasteiger partial charge < -0.3 is 4.90 Å². The van der Waals surface area contributed by atoms with Crippen LogP contribution in [0.15, 0.2) is 17.4 Å². The smallest absolute Gasteiger partial charge is 0.232 e. The normalized spacial score (nSPS) is 15.6. The summed E-state index contributed by atoms with van der Waals surface area (Å²) in [6, 6.07) is 2.16. The molecule has 0 atom stereocenters.